The van der Waals surface area contributed by atoms with E-state index in [9.17, 15) is 9.90 Å². The number of nitrogens with zero attached hydrogens (tertiary/aromatic N) is 2. The van der Waals surface area contributed by atoms with Gasteiger partial charge in [0.15, 0.2) is 0 Å². The lowest BCUT2D eigenvalue weighted by molar-refractivity contribution is 0.0668. The first-order chi connectivity index (χ1) is 7.65. The Labute approximate surface area is 95.1 Å². The Hall–Kier alpha value is -1.13. The number of aliphatic hydroxyl groups is 1. The number of β-amino-alcohol motifs (C(OH)–C–C–N with tert-alkyl or cyclic N) is 1. The van der Waals surface area contributed by atoms with Crippen LogP contribution in [0.3, 0.4) is 0 Å². The van der Waals surface area contributed by atoms with Crippen LogP contribution in [0, 0.1) is 0 Å². The molecule has 1 aromatic heterocycles. The van der Waals surface area contributed by atoms with Crippen molar-refractivity contribution in [2.75, 3.05) is 13.1 Å². The second-order valence-corrected chi connectivity index (χ2v) is 4.52. The molecule has 1 atom stereocenters. The van der Waals surface area contributed by atoms with Gasteiger partial charge in [-0.3, -0.25) is 9.69 Å². The molecule has 0 bridgehead atoms. The van der Waals surface area contributed by atoms with Gasteiger partial charge >= 0.3 is 0 Å². The number of aryl methyl sites for hydroxylation is 1. The van der Waals surface area contributed by atoms with Crippen LogP contribution >= 0.6 is 0 Å². The molecule has 1 aromatic rings. The zero-order valence-corrected chi connectivity index (χ0v) is 9.59. The smallest absolute Gasteiger partial charge is 0.250 e. The van der Waals surface area contributed by atoms with Gasteiger partial charge in [0.1, 0.15) is 0 Å². The first-order valence-electron chi connectivity index (χ1n) is 5.71. The van der Waals surface area contributed by atoms with Crippen molar-refractivity contribution in [3.63, 3.8) is 0 Å². The van der Waals surface area contributed by atoms with E-state index in [2.05, 4.69) is 4.90 Å². The van der Waals surface area contributed by atoms with E-state index in [4.69, 9.17) is 0 Å². The average Bonchev–Trinajstić information content (AvgIpc) is 2.24. The fourth-order valence-electron chi connectivity index (χ4n) is 2.12. The van der Waals surface area contributed by atoms with Gasteiger partial charge < -0.3 is 9.67 Å². The van der Waals surface area contributed by atoms with Crippen LogP contribution in [0.1, 0.15) is 18.4 Å². The molecule has 1 saturated heterocycles. The molecule has 0 saturated carbocycles. The highest BCUT2D eigenvalue weighted by molar-refractivity contribution is 5.10. The minimum atomic E-state index is -0.208. The first kappa shape index (κ1) is 11.4. The van der Waals surface area contributed by atoms with Gasteiger partial charge in [0.05, 0.1) is 6.10 Å². The van der Waals surface area contributed by atoms with Crippen molar-refractivity contribution in [3.8, 4) is 0 Å². The largest absolute Gasteiger partial charge is 0.392 e. The molecule has 2 rings (SSSR count). The minimum absolute atomic E-state index is 0.0232. The van der Waals surface area contributed by atoms with Crippen LogP contribution in [-0.2, 0) is 13.6 Å². The molecule has 0 spiro atoms. The number of piperidine rings is 1. The molecular weight excluding hydrogens is 204 g/mol. The first-order valence-corrected chi connectivity index (χ1v) is 5.71. The Morgan fingerprint density at radius 1 is 1.56 bits per heavy atom. The fraction of sp³-hybridized carbons (Fsp3) is 0.583. The Morgan fingerprint density at radius 2 is 2.38 bits per heavy atom. The van der Waals surface area contributed by atoms with Crippen molar-refractivity contribution in [2.45, 2.75) is 25.5 Å². The van der Waals surface area contributed by atoms with Crippen LogP contribution in [0.25, 0.3) is 0 Å². The summed E-state index contributed by atoms with van der Waals surface area (Å²) in [5.41, 5.74) is 1.05. The van der Waals surface area contributed by atoms with Crippen LogP contribution in [0.15, 0.2) is 23.1 Å². The molecule has 4 heteroatoms. The summed E-state index contributed by atoms with van der Waals surface area (Å²) in [7, 11) is 1.75. The molecule has 1 aliphatic rings. The molecule has 2 heterocycles. The van der Waals surface area contributed by atoms with E-state index in [0.717, 1.165) is 38.0 Å². The number of likely N-dealkylation sites (tertiary alicyclic amines) is 1. The maximum absolute atomic E-state index is 11.4. The highest BCUT2D eigenvalue weighted by Crippen LogP contribution is 2.12. The van der Waals surface area contributed by atoms with Crippen molar-refractivity contribution in [1.29, 1.82) is 0 Å². The Balaban J connectivity index is 2.03. The Morgan fingerprint density at radius 3 is 3.06 bits per heavy atom. The van der Waals surface area contributed by atoms with Gasteiger partial charge in [-0.25, -0.2) is 0 Å². The van der Waals surface area contributed by atoms with Crippen LogP contribution < -0.4 is 5.56 Å². The summed E-state index contributed by atoms with van der Waals surface area (Å²) in [5.74, 6) is 0. The van der Waals surface area contributed by atoms with Crippen molar-refractivity contribution >= 4 is 0 Å². The molecule has 1 aliphatic heterocycles. The summed E-state index contributed by atoms with van der Waals surface area (Å²) in [6, 6.07) is 3.63. The minimum Gasteiger partial charge on any atom is -0.392 e. The number of rotatable bonds is 2. The van der Waals surface area contributed by atoms with E-state index in [-0.39, 0.29) is 11.7 Å². The van der Waals surface area contributed by atoms with Gasteiger partial charge in [-0.15, -0.1) is 0 Å². The maximum atomic E-state index is 11.4. The summed E-state index contributed by atoms with van der Waals surface area (Å²) in [4.78, 5) is 13.6. The average molecular weight is 222 g/mol. The standard InChI is InChI=1S/C12H18N2O2/c1-13-6-4-10(7-12(13)16)8-14-5-2-3-11(15)9-14/h4,6-7,11,15H,2-3,5,8-9H2,1H3. The molecular formula is C12H18N2O2. The van der Waals surface area contributed by atoms with Crippen LogP contribution in [0.5, 0.6) is 0 Å². The third kappa shape index (κ3) is 2.71. The van der Waals surface area contributed by atoms with E-state index in [1.54, 1.807) is 23.9 Å². The predicted octanol–water partition coefficient (Wildman–Crippen LogP) is 0.342. The predicted molar refractivity (Wildman–Crippen MR) is 62.2 cm³/mol. The zero-order valence-electron chi connectivity index (χ0n) is 9.59. The zero-order chi connectivity index (χ0) is 11.5. The summed E-state index contributed by atoms with van der Waals surface area (Å²) in [6.45, 7) is 2.48. The van der Waals surface area contributed by atoms with E-state index in [1.165, 1.54) is 0 Å². The molecule has 0 aromatic carbocycles. The van der Waals surface area contributed by atoms with Gasteiger partial charge in [-0.1, -0.05) is 0 Å². The molecule has 88 valence electrons. The van der Waals surface area contributed by atoms with E-state index >= 15 is 0 Å². The van der Waals surface area contributed by atoms with Crippen molar-refractivity contribution in [2.24, 2.45) is 7.05 Å². The fourth-order valence-corrected chi connectivity index (χ4v) is 2.12. The molecule has 4 nitrogen and oxygen atoms in total. The monoisotopic (exact) mass is 222 g/mol. The third-order valence-electron chi connectivity index (χ3n) is 3.06. The maximum Gasteiger partial charge on any atom is 0.250 e. The summed E-state index contributed by atoms with van der Waals surface area (Å²) in [5, 5.41) is 9.55. The lowest BCUT2D eigenvalue weighted by Gasteiger charge is -2.29. The highest BCUT2D eigenvalue weighted by atomic mass is 16.3. The van der Waals surface area contributed by atoms with Gasteiger partial charge in [-0.05, 0) is 31.0 Å². The van der Waals surface area contributed by atoms with Gasteiger partial charge in [-0.2, -0.15) is 0 Å². The SMILES string of the molecule is Cn1ccc(CN2CCCC(O)C2)cc1=O. The van der Waals surface area contributed by atoms with Crippen LogP contribution in [0.2, 0.25) is 0 Å². The Bertz CT molecular complexity index is 414. The Kier molecular flexibility index (Phi) is 3.41. The lowest BCUT2D eigenvalue weighted by atomic mass is 10.1. The summed E-state index contributed by atoms with van der Waals surface area (Å²) < 4.78 is 1.56. The molecule has 0 radical (unpaired) electrons. The quantitative estimate of drug-likeness (QED) is 0.785. The molecule has 1 unspecified atom stereocenters. The topological polar surface area (TPSA) is 45.5 Å². The van der Waals surface area contributed by atoms with Crippen LogP contribution in [-0.4, -0.2) is 33.8 Å². The van der Waals surface area contributed by atoms with Gasteiger partial charge in [0.25, 0.3) is 5.56 Å². The van der Waals surface area contributed by atoms with Crippen molar-refractivity contribution in [1.82, 2.24) is 9.47 Å². The number of aromatic nitrogens is 1. The normalized spacial score (nSPS) is 22.2. The molecule has 1 fully saturated rings. The lowest BCUT2D eigenvalue weighted by Crippen LogP contribution is -2.37. The summed E-state index contributed by atoms with van der Waals surface area (Å²) >= 11 is 0. The molecule has 0 amide bonds. The van der Waals surface area contributed by atoms with E-state index < -0.39 is 0 Å². The van der Waals surface area contributed by atoms with Crippen LogP contribution in [0.4, 0.5) is 0 Å². The second kappa shape index (κ2) is 4.80. The number of hydrogen-bond acceptors (Lipinski definition) is 3. The molecule has 1 N–H and O–H groups in total. The van der Waals surface area contributed by atoms with E-state index in [0.29, 0.717) is 0 Å². The van der Waals surface area contributed by atoms with Crippen molar-refractivity contribution < 1.29 is 5.11 Å². The number of aliphatic hydroxyl groups excluding tert-OH is 1. The molecule has 0 aliphatic carbocycles. The van der Waals surface area contributed by atoms with Gasteiger partial charge in [0, 0.05) is 32.4 Å². The summed E-state index contributed by atoms with van der Waals surface area (Å²) in [6.07, 6.45) is 3.51. The number of pyridine rings is 1. The van der Waals surface area contributed by atoms with Crippen molar-refractivity contribution in [3.05, 3.63) is 34.2 Å². The highest BCUT2D eigenvalue weighted by Gasteiger charge is 2.17. The number of hydrogen-bond donors (Lipinski definition) is 1. The third-order valence-corrected chi connectivity index (χ3v) is 3.06. The van der Waals surface area contributed by atoms with Gasteiger partial charge in [0.2, 0.25) is 0 Å². The van der Waals surface area contributed by atoms with E-state index in [1.807, 2.05) is 6.07 Å². The molecule has 16 heavy (non-hydrogen) atoms. The second-order valence-electron chi connectivity index (χ2n) is 4.52.